The number of carbonyl (C=O) groups excluding carboxylic acids is 1. The summed E-state index contributed by atoms with van der Waals surface area (Å²) < 4.78 is 0. The van der Waals surface area contributed by atoms with Crippen LogP contribution >= 0.6 is 24.0 Å². The molecule has 0 aliphatic carbocycles. The van der Waals surface area contributed by atoms with Gasteiger partial charge in [-0.05, 0) is 44.4 Å². The minimum absolute atomic E-state index is 0. The van der Waals surface area contributed by atoms with E-state index in [-0.39, 0.29) is 24.0 Å². The number of primary amides is 1. The largest absolute Gasteiger partial charge is 0.366 e. The fourth-order valence-corrected chi connectivity index (χ4v) is 3.05. The van der Waals surface area contributed by atoms with Crippen LogP contribution < -0.4 is 16.4 Å². The Labute approximate surface area is 174 Å². The summed E-state index contributed by atoms with van der Waals surface area (Å²) in [7, 11) is 0. The highest BCUT2D eigenvalue weighted by Crippen LogP contribution is 2.18. The van der Waals surface area contributed by atoms with Gasteiger partial charge >= 0.3 is 0 Å². The zero-order valence-corrected chi connectivity index (χ0v) is 18.5. The van der Waals surface area contributed by atoms with Crippen molar-refractivity contribution in [3.8, 4) is 0 Å². The van der Waals surface area contributed by atoms with Crippen molar-refractivity contribution in [2.24, 2.45) is 16.6 Å². The predicted molar refractivity (Wildman–Crippen MR) is 118 cm³/mol. The summed E-state index contributed by atoms with van der Waals surface area (Å²) >= 11 is 0. The Bertz CT molecular complexity index is 602. The Morgan fingerprint density at radius 1 is 1.31 bits per heavy atom. The van der Waals surface area contributed by atoms with E-state index in [0.717, 1.165) is 31.2 Å². The maximum absolute atomic E-state index is 11.1. The zero-order chi connectivity index (χ0) is 18.4. The lowest BCUT2D eigenvalue weighted by molar-refractivity contribution is 0.100. The predicted octanol–water partition coefficient (Wildman–Crippen LogP) is 2.19. The number of benzene rings is 1. The molecule has 7 heteroatoms. The van der Waals surface area contributed by atoms with Crippen molar-refractivity contribution in [1.29, 1.82) is 0 Å². The summed E-state index contributed by atoms with van der Waals surface area (Å²) in [6.45, 7) is 12.4. The van der Waals surface area contributed by atoms with Crippen LogP contribution in [0.2, 0.25) is 0 Å². The van der Waals surface area contributed by atoms with E-state index in [2.05, 4.69) is 48.2 Å². The summed E-state index contributed by atoms with van der Waals surface area (Å²) in [5.41, 5.74) is 6.84. The molecule has 26 heavy (non-hydrogen) atoms. The van der Waals surface area contributed by atoms with Gasteiger partial charge in [-0.15, -0.1) is 24.0 Å². The highest BCUT2D eigenvalue weighted by molar-refractivity contribution is 14.0. The second-order valence-electron chi connectivity index (χ2n) is 7.03. The van der Waals surface area contributed by atoms with E-state index in [1.807, 2.05) is 12.1 Å². The van der Waals surface area contributed by atoms with Gasteiger partial charge < -0.3 is 16.4 Å². The molecular formula is C19H32IN5O. The molecule has 4 N–H and O–H groups in total. The first kappa shape index (κ1) is 22.7. The van der Waals surface area contributed by atoms with Gasteiger partial charge in [0.25, 0.3) is 0 Å². The smallest absolute Gasteiger partial charge is 0.248 e. The molecule has 0 saturated carbocycles. The van der Waals surface area contributed by atoms with E-state index in [1.54, 1.807) is 12.1 Å². The van der Waals surface area contributed by atoms with Crippen molar-refractivity contribution >= 4 is 35.8 Å². The summed E-state index contributed by atoms with van der Waals surface area (Å²) in [5, 5.41) is 6.89. The first-order valence-electron chi connectivity index (χ1n) is 9.08. The maximum Gasteiger partial charge on any atom is 0.248 e. The molecule has 1 aliphatic heterocycles. The van der Waals surface area contributed by atoms with Crippen molar-refractivity contribution in [3.63, 3.8) is 0 Å². The lowest BCUT2D eigenvalue weighted by Gasteiger charge is -2.22. The number of nitrogens with zero attached hydrogens (tertiary/aromatic N) is 2. The minimum Gasteiger partial charge on any atom is -0.366 e. The normalized spacial score (nSPS) is 20.7. The van der Waals surface area contributed by atoms with Crippen LogP contribution in [0.3, 0.4) is 0 Å². The molecule has 2 atom stereocenters. The highest BCUT2D eigenvalue weighted by atomic mass is 127. The number of nitrogens with one attached hydrogen (secondary N) is 2. The summed E-state index contributed by atoms with van der Waals surface area (Å²) in [4.78, 5) is 18.3. The van der Waals surface area contributed by atoms with Crippen LogP contribution in [0, 0.1) is 5.92 Å². The number of amides is 1. The third-order valence-electron chi connectivity index (χ3n) is 4.70. The summed E-state index contributed by atoms with van der Waals surface area (Å²) in [6, 6.07) is 8.24. The number of guanidine groups is 1. The van der Waals surface area contributed by atoms with Crippen molar-refractivity contribution in [2.45, 2.75) is 46.3 Å². The Morgan fingerprint density at radius 3 is 2.46 bits per heavy atom. The first-order valence-corrected chi connectivity index (χ1v) is 9.08. The van der Waals surface area contributed by atoms with Crippen LogP contribution in [-0.2, 0) is 6.54 Å². The summed E-state index contributed by atoms with van der Waals surface area (Å²) in [6.07, 6.45) is 0. The quantitative estimate of drug-likeness (QED) is 0.336. The Hall–Kier alpha value is -1.35. The monoisotopic (exact) mass is 473 g/mol. The van der Waals surface area contributed by atoms with Crippen LogP contribution in [0.25, 0.3) is 0 Å². The van der Waals surface area contributed by atoms with Crippen LogP contribution in [0.15, 0.2) is 29.3 Å². The van der Waals surface area contributed by atoms with E-state index in [0.29, 0.717) is 30.1 Å². The number of nitrogens with two attached hydrogens (primary N) is 1. The lowest BCUT2D eigenvalue weighted by atomic mass is 10.1. The van der Waals surface area contributed by atoms with Crippen molar-refractivity contribution < 1.29 is 4.79 Å². The van der Waals surface area contributed by atoms with Gasteiger partial charge in [-0.3, -0.25) is 9.69 Å². The molecule has 0 aromatic heterocycles. The average molecular weight is 473 g/mol. The number of likely N-dealkylation sites (tertiary alicyclic amines) is 1. The van der Waals surface area contributed by atoms with Gasteiger partial charge in [0.05, 0.1) is 6.54 Å². The van der Waals surface area contributed by atoms with E-state index in [1.165, 1.54) is 0 Å². The van der Waals surface area contributed by atoms with Crippen molar-refractivity contribution in [3.05, 3.63) is 35.4 Å². The molecule has 1 aliphatic rings. The zero-order valence-electron chi connectivity index (χ0n) is 16.2. The third kappa shape index (κ3) is 6.42. The second kappa shape index (κ2) is 10.7. The highest BCUT2D eigenvalue weighted by Gasteiger charge is 2.31. The van der Waals surface area contributed by atoms with Gasteiger partial charge in [0, 0.05) is 37.3 Å². The molecule has 146 valence electrons. The molecule has 1 amide bonds. The van der Waals surface area contributed by atoms with Crippen LogP contribution in [0.5, 0.6) is 0 Å². The van der Waals surface area contributed by atoms with Crippen molar-refractivity contribution in [1.82, 2.24) is 15.5 Å². The van der Waals surface area contributed by atoms with E-state index in [9.17, 15) is 4.79 Å². The van der Waals surface area contributed by atoms with Gasteiger partial charge in [0.2, 0.25) is 5.91 Å². The summed E-state index contributed by atoms with van der Waals surface area (Å²) in [5.74, 6) is 1.01. The average Bonchev–Trinajstić information content (AvgIpc) is 2.94. The standard InChI is InChI=1S/C19H31N5O.HI/c1-5-21-19(23-17-12-24(13(2)3)11-14(17)4)22-10-15-6-8-16(9-7-15)18(20)25;/h6-9,13-14,17H,5,10-12H2,1-4H3,(H2,20,25)(H2,21,22,23);1H. The fraction of sp³-hybridized carbons (Fsp3) is 0.579. The number of hydrogen-bond acceptors (Lipinski definition) is 3. The molecule has 1 heterocycles. The molecule has 1 aromatic carbocycles. The number of aliphatic imine (C=N–C) groups is 1. The van der Waals surface area contributed by atoms with Gasteiger partial charge in [-0.1, -0.05) is 19.1 Å². The molecular weight excluding hydrogens is 441 g/mol. The molecule has 6 nitrogen and oxygen atoms in total. The third-order valence-corrected chi connectivity index (χ3v) is 4.70. The van der Waals surface area contributed by atoms with Crippen LogP contribution in [0.1, 0.15) is 43.6 Å². The van der Waals surface area contributed by atoms with E-state index < -0.39 is 5.91 Å². The molecule has 1 fully saturated rings. The molecule has 0 bridgehead atoms. The van der Waals surface area contributed by atoms with Gasteiger partial charge in [-0.25, -0.2) is 4.99 Å². The molecule has 2 unspecified atom stereocenters. The first-order chi connectivity index (χ1) is 11.9. The molecule has 1 saturated heterocycles. The molecule has 2 rings (SSSR count). The number of carbonyl (C=O) groups is 1. The Kier molecular flexibility index (Phi) is 9.35. The Morgan fingerprint density at radius 2 is 1.96 bits per heavy atom. The minimum atomic E-state index is -0.407. The SMILES string of the molecule is CCNC(=NCc1ccc(C(N)=O)cc1)NC1CN(C(C)C)CC1C.I. The molecule has 1 aromatic rings. The number of hydrogen-bond donors (Lipinski definition) is 3. The van der Waals surface area contributed by atoms with Crippen LogP contribution in [-0.4, -0.2) is 48.5 Å². The van der Waals surface area contributed by atoms with Gasteiger partial charge in [-0.2, -0.15) is 0 Å². The molecule has 0 radical (unpaired) electrons. The van der Waals surface area contributed by atoms with Gasteiger partial charge in [0.1, 0.15) is 0 Å². The number of halogens is 1. The topological polar surface area (TPSA) is 82.7 Å². The fourth-order valence-electron chi connectivity index (χ4n) is 3.05. The lowest BCUT2D eigenvalue weighted by Crippen LogP contribution is -2.46. The number of rotatable bonds is 6. The molecule has 0 spiro atoms. The second-order valence-corrected chi connectivity index (χ2v) is 7.03. The van der Waals surface area contributed by atoms with Crippen LogP contribution in [0.4, 0.5) is 0 Å². The van der Waals surface area contributed by atoms with E-state index >= 15 is 0 Å². The maximum atomic E-state index is 11.1. The van der Waals surface area contributed by atoms with Crippen molar-refractivity contribution in [2.75, 3.05) is 19.6 Å². The van der Waals surface area contributed by atoms with E-state index in [4.69, 9.17) is 5.73 Å². The van der Waals surface area contributed by atoms with Gasteiger partial charge in [0.15, 0.2) is 5.96 Å². The Balaban J connectivity index is 0.00000338.